The van der Waals surface area contributed by atoms with E-state index in [1.54, 1.807) is 54.2 Å². The molecule has 0 aliphatic carbocycles. The van der Waals surface area contributed by atoms with Crippen LogP contribution < -0.4 is 11.5 Å². The van der Waals surface area contributed by atoms with E-state index in [1.807, 2.05) is 25.7 Å². The van der Waals surface area contributed by atoms with E-state index in [1.165, 1.54) is 0 Å². The van der Waals surface area contributed by atoms with Gasteiger partial charge in [0.05, 0.1) is 51.1 Å². The molecule has 0 aromatic carbocycles. The van der Waals surface area contributed by atoms with E-state index in [2.05, 4.69) is 4.90 Å². The number of piperazine rings is 1. The van der Waals surface area contributed by atoms with Crippen molar-refractivity contribution in [2.24, 2.45) is 23.3 Å². The van der Waals surface area contributed by atoms with E-state index < -0.39 is 75.8 Å². The zero-order valence-electron chi connectivity index (χ0n) is 47.1. The van der Waals surface area contributed by atoms with Crippen molar-refractivity contribution in [3.63, 3.8) is 0 Å². The molecule has 0 bridgehead atoms. The average Bonchev–Trinajstić information content (AvgIpc) is 3.88. The number of rotatable bonds is 23. The van der Waals surface area contributed by atoms with Crippen molar-refractivity contribution in [3.8, 4) is 0 Å². The van der Waals surface area contributed by atoms with Crippen molar-refractivity contribution in [1.29, 1.82) is 10.8 Å². The molecule has 25 nitrogen and oxygen atoms in total. The molecule has 26 heteroatoms. The molecule has 7 unspecified atom stereocenters. The number of likely N-dealkylation sites (tertiary alicyclic amines) is 2. The second-order valence-electron chi connectivity index (χ2n) is 22.6. The predicted octanol–water partition coefficient (Wildman–Crippen LogP) is 4.34. The Morgan fingerprint density at radius 1 is 0.688 bits per heavy atom. The summed E-state index contributed by atoms with van der Waals surface area (Å²) in [5, 5.41) is 15.9. The first-order valence-corrected chi connectivity index (χ1v) is 29.1. The van der Waals surface area contributed by atoms with Crippen LogP contribution in [0.25, 0.3) is 0 Å². The highest BCUT2D eigenvalue weighted by Gasteiger charge is 2.40. The first-order valence-electron chi connectivity index (χ1n) is 27.3. The van der Waals surface area contributed by atoms with E-state index in [-0.39, 0.29) is 50.1 Å². The average molecular weight is 1120 g/mol. The Kier molecular flexibility index (Phi) is 24.8. The number of amides is 4. The van der Waals surface area contributed by atoms with Gasteiger partial charge in [0.25, 0.3) is 10.1 Å². The summed E-state index contributed by atoms with van der Waals surface area (Å²) in [7, 11) is -3.58. The monoisotopic (exact) mass is 1110 g/mol. The number of piperidine rings is 2. The molecule has 4 amide bonds. The highest BCUT2D eigenvalue weighted by Crippen LogP contribution is 2.31. The fourth-order valence-electron chi connectivity index (χ4n) is 10.2. The Balaban J connectivity index is 0.000000352. The number of cyclic esters (lactones) is 2. The van der Waals surface area contributed by atoms with Crippen molar-refractivity contribution >= 4 is 58.1 Å². The minimum absolute atomic E-state index is 0.0201. The smallest absolute Gasteiger partial charge is 0.410 e. The standard InChI is InChI=1S/C31H54N6O8.C20H36N4O7S/c1-6-42-26(38)19-25(28(39)43-7-2)35-16-14-34(15-17-35)20-23-21-36(29(40)44-23)12-9-8-10-22-11-13-37(24(18-22)27(32)33)30(41)45-31(3,4)5;1-20(2,3)31-19(26)24-10-8-14(11-16(24)17(21)22)7-5-6-9-23-12-15(30-18(23)25)13-29-32(4,27)28/h22-25H,6-21H2,1-5H3,(H3,32,33);14-16H,5-13H2,1-4H3,(H3,21,22). The summed E-state index contributed by atoms with van der Waals surface area (Å²) >= 11 is 0. The second kappa shape index (κ2) is 29.7. The molecule has 5 fully saturated rings. The number of nitrogens with two attached hydrogens (primary N) is 2. The van der Waals surface area contributed by atoms with Crippen molar-refractivity contribution in [2.45, 2.75) is 168 Å². The Morgan fingerprint density at radius 2 is 1.14 bits per heavy atom. The summed E-state index contributed by atoms with van der Waals surface area (Å²) < 4.78 is 58.9. The van der Waals surface area contributed by atoms with Gasteiger partial charge >= 0.3 is 36.3 Å². The number of nitrogens with zero attached hydrogens (tertiary/aromatic N) is 6. The molecule has 0 aromatic rings. The highest BCUT2D eigenvalue weighted by molar-refractivity contribution is 7.86. The Morgan fingerprint density at radius 3 is 1.57 bits per heavy atom. The fraction of sp³-hybridized carbons (Fsp3) is 0.843. The third-order valence-electron chi connectivity index (χ3n) is 13.9. The number of amidine groups is 2. The van der Waals surface area contributed by atoms with Crippen LogP contribution in [0.15, 0.2) is 0 Å². The number of esters is 2. The normalized spacial score (nSPS) is 24.0. The number of carbonyl (C=O) groups is 6. The van der Waals surface area contributed by atoms with Gasteiger partial charge in [-0.25, -0.2) is 19.2 Å². The summed E-state index contributed by atoms with van der Waals surface area (Å²) in [5.41, 5.74) is 10.4. The number of nitrogens with one attached hydrogen (secondary N) is 2. The Labute approximate surface area is 455 Å². The van der Waals surface area contributed by atoms with Gasteiger partial charge in [0.1, 0.15) is 47.7 Å². The van der Waals surface area contributed by atoms with Crippen LogP contribution in [0, 0.1) is 22.7 Å². The summed E-state index contributed by atoms with van der Waals surface area (Å²) in [4.78, 5) is 84.9. The van der Waals surface area contributed by atoms with E-state index >= 15 is 0 Å². The summed E-state index contributed by atoms with van der Waals surface area (Å²) in [6, 6.07) is -1.59. The fourth-order valence-corrected chi connectivity index (χ4v) is 10.6. The first-order chi connectivity index (χ1) is 36.1. The van der Waals surface area contributed by atoms with Gasteiger partial charge in [0.2, 0.25) is 0 Å². The van der Waals surface area contributed by atoms with Crippen LogP contribution in [-0.2, 0) is 52.3 Å². The van der Waals surface area contributed by atoms with Gasteiger partial charge in [-0.2, -0.15) is 8.42 Å². The van der Waals surface area contributed by atoms with Crippen molar-refractivity contribution in [3.05, 3.63) is 0 Å². The molecular weight excluding hydrogens is 1020 g/mol. The van der Waals surface area contributed by atoms with Crippen molar-refractivity contribution in [1.82, 2.24) is 29.4 Å². The topological polar surface area (TPSA) is 320 Å². The zero-order chi connectivity index (χ0) is 57.3. The molecule has 0 aromatic heterocycles. The predicted molar refractivity (Wildman–Crippen MR) is 285 cm³/mol. The summed E-state index contributed by atoms with van der Waals surface area (Å²) in [5.74, 6) is -0.223. The Bertz CT molecular complexity index is 2120. The summed E-state index contributed by atoms with van der Waals surface area (Å²) in [6.07, 6.45) is 6.59. The van der Waals surface area contributed by atoms with Gasteiger partial charge in [-0.3, -0.25) is 44.2 Å². The van der Waals surface area contributed by atoms with Crippen LogP contribution in [-0.4, -0.2) is 225 Å². The lowest BCUT2D eigenvalue weighted by molar-refractivity contribution is -0.157. The van der Waals surface area contributed by atoms with Gasteiger partial charge in [0, 0.05) is 58.9 Å². The molecule has 7 atom stereocenters. The van der Waals surface area contributed by atoms with Crippen LogP contribution in [0.1, 0.15) is 126 Å². The lowest BCUT2D eigenvalue weighted by Gasteiger charge is -2.39. The SMILES string of the molecule is CC(C)(C)OC(=O)N1CCC(CCCCN2CC(COS(C)(=O)=O)OC2=O)CC1C(=N)N.CCOC(=O)CC(C(=O)OCC)N1CCN(CC2CN(CCCCC3CCN(C(=O)OC(C)(C)C)C(C(=N)N)C3)C(=O)O2)CC1. The molecule has 5 saturated heterocycles. The van der Waals surface area contributed by atoms with Gasteiger partial charge in [0.15, 0.2) is 0 Å². The van der Waals surface area contributed by atoms with Crippen LogP contribution >= 0.6 is 0 Å². The third-order valence-corrected chi connectivity index (χ3v) is 14.4. The lowest BCUT2D eigenvalue weighted by Crippen LogP contribution is -2.54. The molecule has 0 saturated carbocycles. The van der Waals surface area contributed by atoms with E-state index in [0.29, 0.717) is 96.7 Å². The molecule has 440 valence electrons. The Hall–Kier alpha value is -5.21. The number of ether oxygens (including phenoxy) is 6. The second-order valence-corrected chi connectivity index (χ2v) is 24.2. The lowest BCUT2D eigenvalue weighted by atomic mass is 9.86. The van der Waals surface area contributed by atoms with E-state index in [4.69, 9.17) is 54.9 Å². The van der Waals surface area contributed by atoms with E-state index in [0.717, 1.165) is 57.6 Å². The van der Waals surface area contributed by atoms with Gasteiger partial charge < -0.3 is 49.7 Å². The number of carbonyl (C=O) groups excluding carboxylic acids is 6. The molecule has 5 aliphatic heterocycles. The van der Waals surface area contributed by atoms with Crippen LogP contribution in [0.3, 0.4) is 0 Å². The third kappa shape index (κ3) is 22.2. The largest absolute Gasteiger partial charge is 0.466 e. The molecule has 6 N–H and O–H groups in total. The maximum absolute atomic E-state index is 12.6. The molecule has 0 radical (unpaired) electrons. The van der Waals surface area contributed by atoms with Gasteiger partial charge in [-0.05, 0) is 106 Å². The quantitative estimate of drug-likeness (QED) is 0.0276. The van der Waals surface area contributed by atoms with E-state index in [9.17, 15) is 37.2 Å². The first kappa shape index (κ1) is 64.3. The number of hydrogen-bond acceptors (Lipinski definition) is 19. The molecule has 5 rings (SSSR count). The van der Waals surface area contributed by atoms with Gasteiger partial charge in [-0.1, -0.05) is 25.7 Å². The van der Waals surface area contributed by atoms with Crippen LogP contribution in [0.4, 0.5) is 19.2 Å². The number of hydrogen-bond donors (Lipinski definition) is 4. The maximum Gasteiger partial charge on any atom is 0.410 e. The molecular formula is C51H90N10O15S. The zero-order valence-corrected chi connectivity index (χ0v) is 47.9. The van der Waals surface area contributed by atoms with Crippen molar-refractivity contribution < 1.29 is 69.8 Å². The number of unbranched alkanes of at least 4 members (excludes halogenated alkanes) is 2. The minimum Gasteiger partial charge on any atom is -0.466 e. The minimum atomic E-state index is -3.58. The molecule has 0 spiro atoms. The summed E-state index contributed by atoms with van der Waals surface area (Å²) in [6.45, 7) is 20.8. The maximum atomic E-state index is 12.6. The van der Waals surface area contributed by atoms with Gasteiger partial charge in [-0.15, -0.1) is 0 Å². The highest BCUT2D eigenvalue weighted by atomic mass is 32.2. The van der Waals surface area contributed by atoms with Crippen LogP contribution in [0.2, 0.25) is 0 Å². The molecule has 5 aliphatic rings. The van der Waals surface area contributed by atoms with Crippen LogP contribution in [0.5, 0.6) is 0 Å². The molecule has 77 heavy (non-hydrogen) atoms. The van der Waals surface area contributed by atoms with Crippen molar-refractivity contribution in [2.75, 3.05) is 98.1 Å². The molecule has 5 heterocycles.